The van der Waals surface area contributed by atoms with E-state index < -0.39 is 7.37 Å². The van der Waals surface area contributed by atoms with E-state index in [9.17, 15) is 9.46 Å². The summed E-state index contributed by atoms with van der Waals surface area (Å²) >= 11 is 0. The molecule has 0 saturated carbocycles. The van der Waals surface area contributed by atoms with Gasteiger partial charge in [-0.15, -0.1) is 0 Å². The number of benzene rings is 3. The van der Waals surface area contributed by atoms with Crippen LogP contribution in [0.4, 0.5) is 0 Å². The van der Waals surface area contributed by atoms with Crippen LogP contribution in [-0.2, 0) is 11.0 Å². The zero-order chi connectivity index (χ0) is 15.2. The lowest BCUT2D eigenvalue weighted by Gasteiger charge is -2.25. The monoisotopic (exact) mass is 306 g/mol. The molecule has 0 aromatic heterocycles. The van der Waals surface area contributed by atoms with Crippen LogP contribution in [-0.4, -0.2) is 4.89 Å². The van der Waals surface area contributed by atoms with Gasteiger partial charge in [0.25, 0.3) is 7.37 Å². The first-order valence-corrected chi connectivity index (χ1v) is 8.92. The lowest BCUT2D eigenvalue weighted by molar-refractivity contribution is 0.500. The quantitative estimate of drug-likeness (QED) is 0.699. The largest absolute Gasteiger partial charge is 0.338 e. The van der Waals surface area contributed by atoms with Gasteiger partial charge < -0.3 is 4.89 Å². The third kappa shape index (κ3) is 2.04. The summed E-state index contributed by atoms with van der Waals surface area (Å²) in [5.74, 6) is 0. The number of hydrogen-bond donors (Lipinski definition) is 1. The molecule has 0 saturated heterocycles. The maximum Gasteiger partial charge on any atom is 0.259 e. The molecule has 3 aromatic rings. The minimum atomic E-state index is -3.51. The molecule has 0 fully saturated rings. The fourth-order valence-electron chi connectivity index (χ4n) is 3.10. The van der Waals surface area contributed by atoms with E-state index in [4.69, 9.17) is 0 Å². The highest BCUT2D eigenvalue weighted by atomic mass is 31.2. The summed E-state index contributed by atoms with van der Waals surface area (Å²) in [4.78, 5) is 10.7. The Balaban J connectivity index is 1.91. The first-order valence-electron chi connectivity index (χ1n) is 7.26. The fraction of sp³-hybridized carbons (Fsp3) is 0.0526. The minimum Gasteiger partial charge on any atom is -0.338 e. The van der Waals surface area contributed by atoms with Crippen LogP contribution in [0.15, 0.2) is 72.8 Å². The summed E-state index contributed by atoms with van der Waals surface area (Å²) in [6.07, 6.45) is 0.713. The van der Waals surface area contributed by atoms with Crippen molar-refractivity contribution in [1.29, 1.82) is 0 Å². The smallest absolute Gasteiger partial charge is 0.259 e. The Labute approximate surface area is 129 Å². The van der Waals surface area contributed by atoms with Crippen LogP contribution in [0.5, 0.6) is 0 Å². The molecule has 4 rings (SSSR count). The van der Waals surface area contributed by atoms with Gasteiger partial charge in [0.2, 0.25) is 0 Å². The average Bonchev–Trinajstić information content (AvgIpc) is 2.56. The van der Waals surface area contributed by atoms with E-state index >= 15 is 0 Å². The second-order valence-corrected chi connectivity index (χ2v) is 7.71. The van der Waals surface area contributed by atoms with E-state index in [0.717, 1.165) is 22.3 Å². The summed E-state index contributed by atoms with van der Waals surface area (Å²) in [5.41, 5.74) is 3.94. The molecule has 1 atom stereocenters. The Morgan fingerprint density at radius 2 is 1.41 bits per heavy atom. The van der Waals surface area contributed by atoms with Crippen LogP contribution >= 0.6 is 7.37 Å². The van der Waals surface area contributed by atoms with Crippen molar-refractivity contribution in [3.63, 3.8) is 0 Å². The van der Waals surface area contributed by atoms with Gasteiger partial charge in [0, 0.05) is 10.6 Å². The molecule has 0 amide bonds. The van der Waals surface area contributed by atoms with E-state index in [2.05, 4.69) is 0 Å². The predicted molar refractivity (Wildman–Crippen MR) is 90.2 cm³/mol. The van der Waals surface area contributed by atoms with E-state index in [1.165, 1.54) is 0 Å². The third-order valence-corrected chi connectivity index (χ3v) is 6.38. The number of fused-ring (bicyclic) bond motifs is 2. The molecule has 0 spiro atoms. The van der Waals surface area contributed by atoms with E-state index in [0.29, 0.717) is 17.0 Å². The summed E-state index contributed by atoms with van der Waals surface area (Å²) in [6.45, 7) is 0. The van der Waals surface area contributed by atoms with Gasteiger partial charge in [0.1, 0.15) is 0 Å². The predicted octanol–water partition coefficient (Wildman–Crippen LogP) is 3.48. The van der Waals surface area contributed by atoms with Crippen LogP contribution in [0.3, 0.4) is 0 Å². The average molecular weight is 306 g/mol. The second-order valence-electron chi connectivity index (χ2n) is 5.59. The second kappa shape index (κ2) is 4.95. The van der Waals surface area contributed by atoms with Crippen LogP contribution < -0.4 is 10.6 Å². The zero-order valence-electron chi connectivity index (χ0n) is 11.9. The highest BCUT2D eigenvalue weighted by Crippen LogP contribution is 2.44. The number of hydrogen-bond acceptors (Lipinski definition) is 1. The van der Waals surface area contributed by atoms with Crippen LogP contribution in [0, 0.1) is 0 Å². The zero-order valence-corrected chi connectivity index (χ0v) is 12.8. The highest BCUT2D eigenvalue weighted by Gasteiger charge is 2.33. The maximum absolute atomic E-state index is 13.0. The Morgan fingerprint density at radius 3 is 2.23 bits per heavy atom. The molecular formula is C19H15O2P. The van der Waals surface area contributed by atoms with Crippen molar-refractivity contribution in [2.75, 3.05) is 0 Å². The van der Waals surface area contributed by atoms with Crippen molar-refractivity contribution in [3.05, 3.63) is 83.9 Å². The molecule has 0 bridgehead atoms. The van der Waals surface area contributed by atoms with Gasteiger partial charge in [-0.1, -0.05) is 60.7 Å². The molecule has 3 heteroatoms. The molecule has 1 unspecified atom stereocenters. The molecule has 108 valence electrons. The highest BCUT2D eigenvalue weighted by molar-refractivity contribution is 7.73. The molecule has 22 heavy (non-hydrogen) atoms. The standard InChI is InChI=1S/C19H15O2P/c20-22(21)18-9-5-4-8-16(18)12-17-11-10-15(13-19(17)22)14-6-2-1-3-7-14/h1-11,13H,12H2,(H,20,21). The van der Waals surface area contributed by atoms with Gasteiger partial charge in [-0.05, 0) is 40.8 Å². The summed E-state index contributed by atoms with van der Waals surface area (Å²) in [5, 5.41) is 1.15. The molecule has 3 aromatic carbocycles. The van der Waals surface area contributed by atoms with Crippen LogP contribution in [0.2, 0.25) is 0 Å². The Kier molecular flexibility index (Phi) is 3.04. The van der Waals surface area contributed by atoms with E-state index in [1.807, 2.05) is 66.7 Å². The summed E-state index contributed by atoms with van der Waals surface area (Å²) in [7, 11) is -3.51. The Bertz CT molecular complexity index is 900. The van der Waals surface area contributed by atoms with Gasteiger partial charge in [0.15, 0.2) is 0 Å². The van der Waals surface area contributed by atoms with E-state index in [1.54, 1.807) is 6.07 Å². The Morgan fingerprint density at radius 1 is 0.727 bits per heavy atom. The van der Waals surface area contributed by atoms with Crippen molar-refractivity contribution in [2.45, 2.75) is 6.42 Å². The van der Waals surface area contributed by atoms with Gasteiger partial charge >= 0.3 is 0 Å². The SMILES string of the molecule is O=P1(O)c2ccccc2Cc2ccc(-c3ccccc3)cc21. The lowest BCUT2D eigenvalue weighted by Crippen LogP contribution is -2.28. The van der Waals surface area contributed by atoms with Crippen LogP contribution in [0.1, 0.15) is 11.1 Å². The minimum absolute atomic E-state index is 0.576. The van der Waals surface area contributed by atoms with Crippen molar-refractivity contribution >= 4 is 18.0 Å². The lowest BCUT2D eigenvalue weighted by atomic mass is 10.00. The summed E-state index contributed by atoms with van der Waals surface area (Å²) < 4.78 is 13.0. The molecule has 2 nitrogen and oxygen atoms in total. The third-order valence-electron chi connectivity index (χ3n) is 4.22. The number of rotatable bonds is 1. The summed E-state index contributed by atoms with van der Waals surface area (Å²) in [6, 6.07) is 23.3. The normalized spacial score (nSPS) is 19.3. The van der Waals surface area contributed by atoms with E-state index in [-0.39, 0.29) is 0 Å². The molecule has 0 radical (unpaired) electrons. The molecule has 1 aliphatic rings. The van der Waals surface area contributed by atoms with Crippen molar-refractivity contribution in [2.24, 2.45) is 0 Å². The van der Waals surface area contributed by atoms with Crippen molar-refractivity contribution in [3.8, 4) is 11.1 Å². The van der Waals surface area contributed by atoms with Crippen molar-refractivity contribution < 1.29 is 9.46 Å². The van der Waals surface area contributed by atoms with Crippen LogP contribution in [0.25, 0.3) is 11.1 Å². The molecule has 1 N–H and O–H groups in total. The van der Waals surface area contributed by atoms with Gasteiger partial charge in [-0.3, -0.25) is 4.57 Å². The molecule has 1 heterocycles. The molecule has 0 aliphatic carbocycles. The first-order chi connectivity index (χ1) is 10.7. The fourth-order valence-corrected chi connectivity index (χ4v) is 5.04. The van der Waals surface area contributed by atoms with Gasteiger partial charge in [-0.2, -0.15) is 0 Å². The van der Waals surface area contributed by atoms with Gasteiger partial charge in [-0.25, -0.2) is 0 Å². The Hall–Kier alpha value is -2.15. The molecule has 1 aliphatic heterocycles. The first kappa shape index (κ1) is 13.5. The van der Waals surface area contributed by atoms with Gasteiger partial charge in [0.05, 0.1) is 0 Å². The molecular weight excluding hydrogens is 291 g/mol. The van der Waals surface area contributed by atoms with Crippen molar-refractivity contribution in [1.82, 2.24) is 0 Å². The topological polar surface area (TPSA) is 37.3 Å². The maximum atomic E-state index is 13.0.